The maximum atomic E-state index is 12.4. The van der Waals surface area contributed by atoms with Crippen LogP contribution in [0.25, 0.3) is 0 Å². The summed E-state index contributed by atoms with van der Waals surface area (Å²) in [6.45, 7) is 0.514. The maximum absolute atomic E-state index is 12.4. The van der Waals surface area contributed by atoms with Crippen molar-refractivity contribution in [2.45, 2.75) is 11.4 Å². The number of sulfonamides is 1. The zero-order chi connectivity index (χ0) is 17.9. The van der Waals surface area contributed by atoms with Crippen LogP contribution < -0.4 is 4.72 Å². The Kier molecular flexibility index (Phi) is 4.48. The highest BCUT2D eigenvalue weighted by atomic mass is 32.2. The summed E-state index contributed by atoms with van der Waals surface area (Å²) >= 11 is 0. The van der Waals surface area contributed by atoms with Gasteiger partial charge in [-0.1, -0.05) is 12.1 Å². The van der Waals surface area contributed by atoms with E-state index in [0.29, 0.717) is 12.2 Å². The summed E-state index contributed by atoms with van der Waals surface area (Å²) in [4.78, 5) is 10.0. The Balaban J connectivity index is 1.79. The van der Waals surface area contributed by atoms with Crippen LogP contribution in [0, 0.1) is 10.1 Å². The molecule has 0 aliphatic carbocycles. The first-order valence-corrected chi connectivity index (χ1v) is 8.76. The van der Waals surface area contributed by atoms with Gasteiger partial charge in [-0.25, -0.2) is 8.42 Å². The van der Waals surface area contributed by atoms with Crippen molar-refractivity contribution in [2.24, 2.45) is 0 Å². The molecule has 0 spiro atoms. The van der Waals surface area contributed by atoms with Crippen molar-refractivity contribution in [3.8, 4) is 0 Å². The van der Waals surface area contributed by atoms with Crippen LogP contribution in [0.2, 0.25) is 0 Å². The predicted molar refractivity (Wildman–Crippen MR) is 91.7 cm³/mol. The van der Waals surface area contributed by atoms with Gasteiger partial charge in [-0.15, -0.1) is 0 Å². The number of nitrogens with one attached hydrogen (secondary N) is 1. The first-order valence-electron chi connectivity index (χ1n) is 7.28. The van der Waals surface area contributed by atoms with Gasteiger partial charge in [-0.2, -0.15) is 5.10 Å². The Hall–Kier alpha value is -3.20. The molecule has 128 valence electrons. The number of anilines is 1. The number of rotatable bonds is 6. The van der Waals surface area contributed by atoms with Crippen LogP contribution in [-0.2, 0) is 16.6 Å². The first kappa shape index (κ1) is 16.7. The van der Waals surface area contributed by atoms with Gasteiger partial charge in [0.2, 0.25) is 0 Å². The Morgan fingerprint density at radius 1 is 1.12 bits per heavy atom. The van der Waals surface area contributed by atoms with Gasteiger partial charge >= 0.3 is 0 Å². The fourth-order valence-electron chi connectivity index (χ4n) is 2.28. The van der Waals surface area contributed by atoms with E-state index in [9.17, 15) is 18.5 Å². The topological polar surface area (TPSA) is 107 Å². The second kappa shape index (κ2) is 6.73. The van der Waals surface area contributed by atoms with Crippen molar-refractivity contribution >= 4 is 21.4 Å². The molecule has 0 atom stereocenters. The first-order chi connectivity index (χ1) is 11.9. The predicted octanol–water partition coefficient (Wildman–Crippen LogP) is 2.64. The molecule has 3 aromatic rings. The highest BCUT2D eigenvalue weighted by Gasteiger charge is 2.16. The van der Waals surface area contributed by atoms with E-state index in [0.717, 1.165) is 17.7 Å². The molecule has 1 N–H and O–H groups in total. The third-order valence-electron chi connectivity index (χ3n) is 3.44. The fourth-order valence-corrected chi connectivity index (χ4v) is 3.32. The Bertz CT molecular complexity index is 983. The summed E-state index contributed by atoms with van der Waals surface area (Å²) in [6.07, 6.45) is 3.48. The van der Waals surface area contributed by atoms with Crippen LogP contribution in [0.4, 0.5) is 11.4 Å². The molecule has 1 heterocycles. The maximum Gasteiger partial charge on any atom is 0.269 e. The SMILES string of the molecule is O=[N+]([O-])c1ccc(S(=O)(=O)Nc2cccc(Cn3cccn3)c2)cc1. The van der Waals surface area contributed by atoms with E-state index in [1.54, 1.807) is 35.1 Å². The van der Waals surface area contributed by atoms with Crippen LogP contribution in [-0.4, -0.2) is 23.1 Å². The monoisotopic (exact) mass is 358 g/mol. The molecule has 0 amide bonds. The summed E-state index contributed by atoms with van der Waals surface area (Å²) in [5.74, 6) is 0. The largest absolute Gasteiger partial charge is 0.280 e. The van der Waals surface area contributed by atoms with Gasteiger partial charge in [0.25, 0.3) is 15.7 Å². The molecule has 2 aromatic carbocycles. The second-order valence-corrected chi connectivity index (χ2v) is 6.94. The lowest BCUT2D eigenvalue weighted by atomic mass is 10.2. The number of benzene rings is 2. The highest BCUT2D eigenvalue weighted by Crippen LogP contribution is 2.20. The molecule has 0 saturated heterocycles. The minimum absolute atomic E-state index is 0.0458. The minimum Gasteiger partial charge on any atom is -0.280 e. The van der Waals surface area contributed by atoms with E-state index in [1.165, 1.54) is 12.1 Å². The average Bonchev–Trinajstić information content (AvgIpc) is 3.08. The Morgan fingerprint density at radius 2 is 1.88 bits per heavy atom. The standard InChI is InChI=1S/C16H14N4O4S/c21-20(22)15-5-7-16(8-6-15)25(23,24)18-14-4-1-3-13(11-14)12-19-10-2-9-17-19/h1-11,18H,12H2. The van der Waals surface area contributed by atoms with Gasteiger partial charge in [0, 0.05) is 30.2 Å². The fraction of sp³-hybridized carbons (Fsp3) is 0.0625. The number of nitrogens with zero attached hydrogens (tertiary/aromatic N) is 3. The summed E-state index contributed by atoms with van der Waals surface area (Å²) in [6, 6.07) is 13.5. The highest BCUT2D eigenvalue weighted by molar-refractivity contribution is 7.92. The molecule has 0 aliphatic rings. The van der Waals surface area contributed by atoms with Crippen LogP contribution in [0.3, 0.4) is 0 Å². The lowest BCUT2D eigenvalue weighted by molar-refractivity contribution is -0.384. The third kappa shape index (κ3) is 4.01. The number of nitro benzene ring substituents is 1. The van der Waals surface area contributed by atoms with Crippen molar-refractivity contribution in [1.82, 2.24) is 9.78 Å². The van der Waals surface area contributed by atoms with Crippen LogP contribution in [0.15, 0.2) is 71.9 Å². The smallest absolute Gasteiger partial charge is 0.269 e. The normalized spacial score (nSPS) is 11.2. The quantitative estimate of drug-likeness (QED) is 0.538. The molecule has 3 rings (SSSR count). The summed E-state index contributed by atoms with van der Waals surface area (Å²) in [7, 11) is -3.83. The molecule has 0 radical (unpaired) electrons. The van der Waals surface area contributed by atoms with Gasteiger partial charge < -0.3 is 0 Å². The summed E-state index contributed by atoms with van der Waals surface area (Å²) < 4.78 is 29.0. The summed E-state index contributed by atoms with van der Waals surface area (Å²) in [5.41, 5.74) is 1.12. The number of hydrogen-bond donors (Lipinski definition) is 1. The molecule has 0 aliphatic heterocycles. The molecule has 0 saturated carbocycles. The van der Waals surface area contributed by atoms with Gasteiger partial charge in [-0.05, 0) is 35.9 Å². The van der Waals surface area contributed by atoms with Crippen molar-refractivity contribution in [3.05, 3.63) is 82.7 Å². The molecular formula is C16H14N4O4S. The molecule has 8 nitrogen and oxygen atoms in total. The third-order valence-corrected chi connectivity index (χ3v) is 4.84. The Morgan fingerprint density at radius 3 is 2.52 bits per heavy atom. The van der Waals surface area contributed by atoms with E-state index in [4.69, 9.17) is 0 Å². The van der Waals surface area contributed by atoms with Gasteiger partial charge in [0.15, 0.2) is 0 Å². The zero-order valence-electron chi connectivity index (χ0n) is 12.9. The molecule has 0 bridgehead atoms. The van der Waals surface area contributed by atoms with Crippen molar-refractivity contribution in [2.75, 3.05) is 4.72 Å². The van der Waals surface area contributed by atoms with Gasteiger partial charge in [0.1, 0.15) is 0 Å². The number of nitro groups is 1. The number of non-ortho nitro benzene ring substituents is 1. The van der Waals surface area contributed by atoms with E-state index >= 15 is 0 Å². The molecule has 25 heavy (non-hydrogen) atoms. The zero-order valence-corrected chi connectivity index (χ0v) is 13.8. The van der Waals surface area contributed by atoms with Crippen LogP contribution in [0.1, 0.15) is 5.56 Å². The minimum atomic E-state index is -3.83. The second-order valence-electron chi connectivity index (χ2n) is 5.26. The Labute approximate surface area is 143 Å². The number of hydrogen-bond acceptors (Lipinski definition) is 5. The van der Waals surface area contributed by atoms with Crippen molar-refractivity contribution < 1.29 is 13.3 Å². The average molecular weight is 358 g/mol. The van der Waals surface area contributed by atoms with Crippen molar-refractivity contribution in [3.63, 3.8) is 0 Å². The number of aromatic nitrogens is 2. The van der Waals surface area contributed by atoms with E-state index < -0.39 is 14.9 Å². The van der Waals surface area contributed by atoms with E-state index in [-0.39, 0.29) is 10.6 Å². The van der Waals surface area contributed by atoms with Gasteiger partial charge in [0.05, 0.1) is 16.4 Å². The lowest BCUT2D eigenvalue weighted by Gasteiger charge is -2.10. The van der Waals surface area contributed by atoms with Crippen LogP contribution in [0.5, 0.6) is 0 Å². The van der Waals surface area contributed by atoms with E-state index in [2.05, 4.69) is 9.82 Å². The molecular weight excluding hydrogens is 344 g/mol. The van der Waals surface area contributed by atoms with E-state index in [1.807, 2.05) is 12.3 Å². The summed E-state index contributed by atoms with van der Waals surface area (Å²) in [5, 5.41) is 14.8. The molecule has 1 aromatic heterocycles. The molecule has 9 heteroatoms. The van der Waals surface area contributed by atoms with Gasteiger partial charge in [-0.3, -0.25) is 19.5 Å². The lowest BCUT2D eigenvalue weighted by Crippen LogP contribution is -2.13. The molecule has 0 fully saturated rings. The van der Waals surface area contributed by atoms with Crippen molar-refractivity contribution in [1.29, 1.82) is 0 Å². The molecule has 0 unspecified atom stereocenters. The van der Waals surface area contributed by atoms with Crippen LogP contribution >= 0.6 is 0 Å².